The molecular formula is C21H27F2N3O2. The molecule has 7 heteroatoms. The Morgan fingerprint density at radius 1 is 1.04 bits per heavy atom. The van der Waals surface area contributed by atoms with Crippen LogP contribution in [-0.4, -0.2) is 72.3 Å². The molecule has 0 N–H and O–H groups in total. The first-order valence-corrected chi connectivity index (χ1v) is 9.81. The van der Waals surface area contributed by atoms with Crippen molar-refractivity contribution < 1.29 is 18.4 Å². The SMILES string of the molecule is C=CC(=O)N1CCN(CC(=O)N2CCC(Cc3ccc(F)cc3F)CC2)CC1. The average Bonchev–Trinajstić information content (AvgIpc) is 2.70. The summed E-state index contributed by atoms with van der Waals surface area (Å²) in [6.07, 6.45) is 3.55. The van der Waals surface area contributed by atoms with Crippen LogP contribution in [0.15, 0.2) is 30.9 Å². The van der Waals surface area contributed by atoms with Crippen molar-refractivity contribution in [2.45, 2.75) is 19.3 Å². The summed E-state index contributed by atoms with van der Waals surface area (Å²) < 4.78 is 26.9. The third kappa shape index (κ3) is 5.16. The van der Waals surface area contributed by atoms with E-state index in [2.05, 4.69) is 11.5 Å². The van der Waals surface area contributed by atoms with E-state index < -0.39 is 11.6 Å². The number of rotatable bonds is 5. The topological polar surface area (TPSA) is 43.9 Å². The fourth-order valence-electron chi connectivity index (χ4n) is 3.93. The molecule has 0 unspecified atom stereocenters. The molecule has 2 aliphatic heterocycles. The molecular weight excluding hydrogens is 364 g/mol. The minimum absolute atomic E-state index is 0.0642. The zero-order valence-corrected chi connectivity index (χ0v) is 16.1. The largest absolute Gasteiger partial charge is 0.342 e. The summed E-state index contributed by atoms with van der Waals surface area (Å²) in [6.45, 7) is 7.81. The number of amides is 2. The van der Waals surface area contributed by atoms with Crippen molar-refractivity contribution in [2.24, 2.45) is 5.92 Å². The van der Waals surface area contributed by atoms with Crippen molar-refractivity contribution in [1.29, 1.82) is 0 Å². The van der Waals surface area contributed by atoms with Gasteiger partial charge in [0.15, 0.2) is 0 Å². The Morgan fingerprint density at radius 2 is 1.71 bits per heavy atom. The summed E-state index contributed by atoms with van der Waals surface area (Å²) in [5, 5.41) is 0. The lowest BCUT2D eigenvalue weighted by molar-refractivity contribution is -0.134. The van der Waals surface area contributed by atoms with Gasteiger partial charge in [-0.1, -0.05) is 12.6 Å². The Morgan fingerprint density at radius 3 is 2.32 bits per heavy atom. The van der Waals surface area contributed by atoms with Gasteiger partial charge in [-0.2, -0.15) is 0 Å². The fraction of sp³-hybridized carbons (Fsp3) is 0.524. The molecule has 1 aromatic rings. The van der Waals surface area contributed by atoms with Crippen LogP contribution < -0.4 is 0 Å². The standard InChI is InChI=1S/C21H27F2N3O2/c1-2-20(27)26-11-9-24(10-12-26)15-21(28)25-7-5-16(6-8-25)13-17-3-4-18(22)14-19(17)23/h2-4,14,16H,1,5-13,15H2. The Balaban J connectivity index is 1.41. The van der Waals surface area contributed by atoms with Crippen LogP contribution in [0.1, 0.15) is 18.4 Å². The van der Waals surface area contributed by atoms with Crippen molar-refractivity contribution in [3.63, 3.8) is 0 Å². The third-order valence-corrected chi connectivity index (χ3v) is 5.71. The molecule has 2 heterocycles. The zero-order chi connectivity index (χ0) is 20.1. The smallest absolute Gasteiger partial charge is 0.246 e. The molecule has 0 aromatic heterocycles. The lowest BCUT2D eigenvalue weighted by atomic mass is 9.90. The second-order valence-corrected chi connectivity index (χ2v) is 7.57. The van der Waals surface area contributed by atoms with Crippen LogP contribution in [0.4, 0.5) is 8.78 Å². The number of likely N-dealkylation sites (tertiary alicyclic amines) is 1. The Hall–Kier alpha value is -2.28. The molecule has 0 saturated carbocycles. The van der Waals surface area contributed by atoms with Gasteiger partial charge in [-0.05, 0) is 42.9 Å². The summed E-state index contributed by atoms with van der Waals surface area (Å²) >= 11 is 0. The molecule has 3 rings (SSSR count). The quantitative estimate of drug-likeness (QED) is 0.722. The normalized spacial score (nSPS) is 18.9. The fourth-order valence-corrected chi connectivity index (χ4v) is 3.93. The van der Waals surface area contributed by atoms with Crippen molar-refractivity contribution in [3.05, 3.63) is 48.1 Å². The maximum atomic E-state index is 13.8. The lowest BCUT2D eigenvalue weighted by Crippen LogP contribution is -2.52. The number of hydrogen-bond donors (Lipinski definition) is 0. The van der Waals surface area contributed by atoms with Gasteiger partial charge in [0, 0.05) is 45.3 Å². The van der Waals surface area contributed by atoms with E-state index in [-0.39, 0.29) is 11.8 Å². The van der Waals surface area contributed by atoms with E-state index >= 15 is 0 Å². The van der Waals surface area contributed by atoms with Gasteiger partial charge >= 0.3 is 0 Å². The summed E-state index contributed by atoms with van der Waals surface area (Å²) in [7, 11) is 0. The Labute approximate surface area is 164 Å². The average molecular weight is 391 g/mol. The monoisotopic (exact) mass is 391 g/mol. The van der Waals surface area contributed by atoms with E-state index in [0.717, 1.165) is 18.9 Å². The highest BCUT2D eigenvalue weighted by atomic mass is 19.1. The molecule has 0 bridgehead atoms. The maximum Gasteiger partial charge on any atom is 0.246 e. The first kappa shape index (κ1) is 20.5. The van der Waals surface area contributed by atoms with Gasteiger partial charge in [0.1, 0.15) is 11.6 Å². The molecule has 2 fully saturated rings. The van der Waals surface area contributed by atoms with E-state index in [1.165, 1.54) is 18.2 Å². The van der Waals surface area contributed by atoms with Crippen LogP contribution in [0.2, 0.25) is 0 Å². The van der Waals surface area contributed by atoms with Crippen LogP contribution in [0.3, 0.4) is 0 Å². The van der Waals surface area contributed by atoms with Gasteiger partial charge < -0.3 is 9.80 Å². The number of halogens is 2. The van der Waals surface area contributed by atoms with Crippen molar-refractivity contribution in [3.8, 4) is 0 Å². The molecule has 2 amide bonds. The first-order chi connectivity index (χ1) is 13.5. The van der Waals surface area contributed by atoms with Crippen LogP contribution >= 0.6 is 0 Å². The highest BCUT2D eigenvalue weighted by Gasteiger charge is 2.26. The summed E-state index contributed by atoms with van der Waals surface area (Å²) in [6, 6.07) is 3.73. The minimum atomic E-state index is -0.559. The van der Waals surface area contributed by atoms with E-state index in [1.807, 2.05) is 4.90 Å². The van der Waals surface area contributed by atoms with Crippen molar-refractivity contribution in [1.82, 2.24) is 14.7 Å². The number of carbonyl (C=O) groups is 2. The van der Waals surface area contributed by atoms with Gasteiger partial charge in [-0.15, -0.1) is 0 Å². The Bertz CT molecular complexity index is 724. The molecule has 28 heavy (non-hydrogen) atoms. The maximum absolute atomic E-state index is 13.8. The molecule has 0 aliphatic carbocycles. The lowest BCUT2D eigenvalue weighted by Gasteiger charge is -2.36. The van der Waals surface area contributed by atoms with Gasteiger partial charge in [0.25, 0.3) is 0 Å². The minimum Gasteiger partial charge on any atom is -0.342 e. The molecule has 0 radical (unpaired) electrons. The second-order valence-electron chi connectivity index (χ2n) is 7.57. The highest BCUT2D eigenvalue weighted by molar-refractivity contribution is 5.87. The molecule has 2 saturated heterocycles. The zero-order valence-electron chi connectivity index (χ0n) is 16.1. The predicted molar refractivity (Wildman–Crippen MR) is 103 cm³/mol. The van der Waals surface area contributed by atoms with Gasteiger partial charge in [0.2, 0.25) is 11.8 Å². The molecule has 1 aromatic carbocycles. The second kappa shape index (κ2) is 9.28. The van der Waals surface area contributed by atoms with Crippen LogP contribution in [0.25, 0.3) is 0 Å². The van der Waals surface area contributed by atoms with Crippen LogP contribution in [0.5, 0.6) is 0 Å². The van der Waals surface area contributed by atoms with Gasteiger partial charge in [0.05, 0.1) is 6.54 Å². The van der Waals surface area contributed by atoms with Crippen molar-refractivity contribution >= 4 is 11.8 Å². The number of carbonyl (C=O) groups excluding carboxylic acids is 2. The number of nitrogens with zero attached hydrogens (tertiary/aromatic N) is 3. The summed E-state index contributed by atoms with van der Waals surface area (Å²) in [5.74, 6) is -0.707. The number of benzene rings is 1. The first-order valence-electron chi connectivity index (χ1n) is 9.81. The van der Waals surface area contributed by atoms with Crippen LogP contribution in [-0.2, 0) is 16.0 Å². The number of piperazine rings is 1. The Kier molecular flexibility index (Phi) is 6.78. The van der Waals surface area contributed by atoms with E-state index in [9.17, 15) is 18.4 Å². The highest BCUT2D eigenvalue weighted by Crippen LogP contribution is 2.23. The number of piperidine rings is 1. The molecule has 0 atom stereocenters. The molecule has 0 spiro atoms. The van der Waals surface area contributed by atoms with Crippen molar-refractivity contribution in [2.75, 3.05) is 45.8 Å². The van der Waals surface area contributed by atoms with Gasteiger partial charge in [-0.25, -0.2) is 8.78 Å². The van der Waals surface area contributed by atoms with E-state index in [1.54, 1.807) is 4.90 Å². The molecule has 2 aliphatic rings. The predicted octanol–water partition coefficient (Wildman–Crippen LogP) is 2.08. The number of hydrogen-bond acceptors (Lipinski definition) is 3. The third-order valence-electron chi connectivity index (χ3n) is 5.71. The molecule has 152 valence electrons. The summed E-state index contributed by atoms with van der Waals surface area (Å²) in [5.41, 5.74) is 0.540. The van der Waals surface area contributed by atoms with Gasteiger partial charge in [-0.3, -0.25) is 14.5 Å². The van der Waals surface area contributed by atoms with E-state index in [4.69, 9.17) is 0 Å². The molecule has 5 nitrogen and oxygen atoms in total. The van der Waals surface area contributed by atoms with Crippen LogP contribution in [0, 0.1) is 17.6 Å². The van der Waals surface area contributed by atoms with E-state index in [0.29, 0.717) is 63.7 Å². The summed E-state index contributed by atoms with van der Waals surface area (Å²) in [4.78, 5) is 29.9.